The van der Waals surface area contributed by atoms with Gasteiger partial charge in [-0.05, 0) is 115 Å². The van der Waals surface area contributed by atoms with E-state index in [0.29, 0.717) is 36.6 Å². The van der Waals surface area contributed by atoms with E-state index in [1.807, 2.05) is 58.2 Å². The van der Waals surface area contributed by atoms with Gasteiger partial charge in [-0.1, -0.05) is 32.0 Å². The lowest BCUT2D eigenvalue weighted by Crippen LogP contribution is -2.45. The number of hydrogen-bond acceptors (Lipinski definition) is 6. The number of carboxylic acid groups (broad SMARTS) is 1. The highest BCUT2D eigenvalue weighted by Gasteiger charge is 2.38. The molecule has 0 radical (unpaired) electrons. The summed E-state index contributed by atoms with van der Waals surface area (Å²) in [5.74, 6) is 0.122. The molecule has 1 fully saturated rings. The Morgan fingerprint density at radius 3 is 2.48 bits per heavy atom. The lowest BCUT2D eigenvalue weighted by molar-refractivity contribution is -0.160. The third-order valence-electron chi connectivity index (χ3n) is 10.1. The summed E-state index contributed by atoms with van der Waals surface area (Å²) in [6, 6.07) is 12.6. The number of ether oxygens (including phenoxy) is 3. The number of fused-ring (bicyclic) bond motifs is 8. The van der Waals surface area contributed by atoms with Crippen LogP contribution in [-0.2, 0) is 14.3 Å². The first-order valence-corrected chi connectivity index (χ1v) is 18.1. The maximum atomic E-state index is 14.7. The minimum atomic E-state index is -1.19. The molecule has 2 aromatic heterocycles. The van der Waals surface area contributed by atoms with Gasteiger partial charge in [-0.15, -0.1) is 0 Å². The van der Waals surface area contributed by atoms with E-state index < -0.39 is 17.7 Å². The number of halogens is 1. The fourth-order valence-corrected chi connectivity index (χ4v) is 7.54. The summed E-state index contributed by atoms with van der Waals surface area (Å²) >= 11 is 0. The molecule has 50 heavy (non-hydrogen) atoms. The van der Waals surface area contributed by atoms with Crippen molar-refractivity contribution in [2.45, 2.75) is 117 Å². The van der Waals surface area contributed by atoms with Gasteiger partial charge in [-0.3, -0.25) is 4.40 Å². The first-order chi connectivity index (χ1) is 23.6. The molecule has 8 nitrogen and oxygen atoms in total. The van der Waals surface area contributed by atoms with Crippen molar-refractivity contribution in [2.24, 2.45) is 0 Å². The molecule has 2 unspecified atom stereocenters. The zero-order valence-electron chi connectivity index (χ0n) is 30.8. The van der Waals surface area contributed by atoms with Gasteiger partial charge >= 0.3 is 5.97 Å². The van der Waals surface area contributed by atoms with Gasteiger partial charge in [0.2, 0.25) is 0 Å². The van der Waals surface area contributed by atoms with Gasteiger partial charge in [0.15, 0.2) is 6.10 Å². The Hall–Kier alpha value is -3.95. The van der Waals surface area contributed by atoms with E-state index in [-0.39, 0.29) is 23.4 Å². The van der Waals surface area contributed by atoms with Crippen LogP contribution < -0.4 is 9.64 Å². The molecule has 2 atom stereocenters. The van der Waals surface area contributed by atoms with Crippen molar-refractivity contribution >= 4 is 17.4 Å². The minimum absolute atomic E-state index is 0.0487. The maximum absolute atomic E-state index is 14.7. The van der Waals surface area contributed by atoms with Crippen LogP contribution in [0.5, 0.6) is 5.75 Å². The largest absolute Gasteiger partial charge is 0.490 e. The molecule has 6 bridgehead atoms. The maximum Gasteiger partial charge on any atom is 0.337 e. The molecular weight excluding hydrogens is 633 g/mol. The first kappa shape index (κ1) is 35.9. The number of hydrogen-bond donors (Lipinski definition) is 1. The Morgan fingerprint density at radius 1 is 1.08 bits per heavy atom. The van der Waals surface area contributed by atoms with Gasteiger partial charge in [0, 0.05) is 48.1 Å². The highest BCUT2D eigenvalue weighted by Crippen LogP contribution is 2.43. The van der Waals surface area contributed by atoms with Gasteiger partial charge in [-0.2, -0.15) is 0 Å². The third-order valence-corrected chi connectivity index (χ3v) is 10.1. The quantitative estimate of drug-likeness (QED) is 0.229. The molecule has 3 aliphatic heterocycles. The van der Waals surface area contributed by atoms with Crippen LogP contribution in [0.15, 0.2) is 48.7 Å². The second-order valence-electron chi connectivity index (χ2n) is 15.6. The number of anilines is 1. The molecule has 9 heteroatoms. The van der Waals surface area contributed by atoms with Crippen LogP contribution in [-0.4, -0.2) is 57.5 Å². The molecule has 0 aliphatic carbocycles. The Kier molecular flexibility index (Phi) is 10.0. The van der Waals surface area contributed by atoms with Crippen LogP contribution in [0.1, 0.15) is 109 Å². The molecule has 0 spiro atoms. The van der Waals surface area contributed by atoms with E-state index in [1.165, 1.54) is 12.1 Å². The number of rotatable bonds is 4. The van der Waals surface area contributed by atoms with E-state index in [9.17, 15) is 14.3 Å². The Morgan fingerprint density at radius 2 is 1.80 bits per heavy atom. The zero-order chi connectivity index (χ0) is 36.0. The van der Waals surface area contributed by atoms with Crippen LogP contribution >= 0.6 is 0 Å². The number of benzene rings is 2. The van der Waals surface area contributed by atoms with Gasteiger partial charge in [-0.25, -0.2) is 14.2 Å². The zero-order valence-corrected chi connectivity index (χ0v) is 30.8. The van der Waals surface area contributed by atoms with Crippen molar-refractivity contribution in [2.75, 3.05) is 24.6 Å². The van der Waals surface area contributed by atoms with Crippen LogP contribution in [0, 0.1) is 12.7 Å². The molecular formula is C41H52FN3O5. The third kappa shape index (κ3) is 7.40. The average molecular weight is 686 g/mol. The van der Waals surface area contributed by atoms with Gasteiger partial charge < -0.3 is 24.2 Å². The van der Waals surface area contributed by atoms with E-state index in [1.54, 1.807) is 6.07 Å². The minimum Gasteiger partial charge on any atom is -0.490 e. The number of pyridine rings is 1. The molecule has 5 heterocycles. The van der Waals surface area contributed by atoms with Crippen LogP contribution in [0.4, 0.5) is 10.2 Å². The average Bonchev–Trinajstić information content (AvgIpc) is 3.48. The first-order valence-electron chi connectivity index (χ1n) is 18.1. The van der Waals surface area contributed by atoms with Crippen molar-refractivity contribution in [1.82, 2.24) is 9.38 Å². The fourth-order valence-electron chi connectivity index (χ4n) is 7.54. The number of carbonyl (C=O) groups is 1. The molecule has 0 amide bonds. The van der Waals surface area contributed by atoms with Crippen molar-refractivity contribution in [1.29, 1.82) is 0 Å². The van der Waals surface area contributed by atoms with Crippen molar-refractivity contribution < 1.29 is 28.5 Å². The highest BCUT2D eigenvalue weighted by molar-refractivity contribution is 5.82. The van der Waals surface area contributed by atoms with E-state index >= 15 is 0 Å². The second-order valence-corrected chi connectivity index (χ2v) is 15.6. The SMILES string of the molecule is Cc1c(C(OC(C)(C)C)C(=O)O)c2n3cc(nc3c1C(C)C)-c1cccc(c1)-c1cc(F)ccc1OC(C)CCCCOC1(C)CCN2CC1. The molecule has 0 saturated carbocycles. The number of imidazole rings is 1. The monoisotopic (exact) mass is 685 g/mol. The van der Waals surface area contributed by atoms with Crippen molar-refractivity contribution in [3.63, 3.8) is 0 Å². The number of carboxylic acids is 1. The number of aliphatic carboxylic acids is 1. The molecule has 4 aromatic rings. The summed E-state index contributed by atoms with van der Waals surface area (Å²) in [6.07, 6.45) is 5.09. The van der Waals surface area contributed by atoms with E-state index in [4.69, 9.17) is 19.2 Å². The summed E-state index contributed by atoms with van der Waals surface area (Å²) < 4.78 is 36.1. The topological polar surface area (TPSA) is 85.5 Å². The summed E-state index contributed by atoms with van der Waals surface area (Å²) in [7, 11) is 0. The predicted molar refractivity (Wildman–Crippen MR) is 196 cm³/mol. The summed E-state index contributed by atoms with van der Waals surface area (Å²) in [5, 5.41) is 10.7. The van der Waals surface area contributed by atoms with E-state index in [0.717, 1.165) is 71.5 Å². The number of aromatic nitrogens is 2. The summed E-state index contributed by atoms with van der Waals surface area (Å²) in [6.45, 7) is 18.2. The number of piperidine rings is 1. The van der Waals surface area contributed by atoms with Crippen molar-refractivity contribution in [3.8, 4) is 28.1 Å². The highest BCUT2D eigenvalue weighted by atomic mass is 19.1. The van der Waals surface area contributed by atoms with Gasteiger partial charge in [0.25, 0.3) is 0 Å². The summed E-state index contributed by atoms with van der Waals surface area (Å²) in [5.41, 5.74) is 5.42. The normalized spacial score (nSPS) is 20.9. The Bertz CT molecular complexity index is 1870. The fraction of sp³-hybridized carbons (Fsp3) is 0.512. The smallest absolute Gasteiger partial charge is 0.337 e. The Labute approximate surface area is 295 Å². The summed E-state index contributed by atoms with van der Waals surface area (Å²) in [4.78, 5) is 20.7. The lowest BCUT2D eigenvalue weighted by atomic mass is 9.90. The second kappa shape index (κ2) is 14.0. The molecule has 3 aliphatic rings. The molecule has 7 rings (SSSR count). The van der Waals surface area contributed by atoms with Crippen molar-refractivity contribution in [3.05, 3.63) is 71.2 Å². The predicted octanol–water partition coefficient (Wildman–Crippen LogP) is 9.51. The Balaban J connectivity index is 1.61. The van der Waals surface area contributed by atoms with E-state index in [2.05, 4.69) is 37.0 Å². The molecule has 1 N–H and O–H groups in total. The van der Waals surface area contributed by atoms with Gasteiger partial charge in [0.1, 0.15) is 23.0 Å². The molecule has 2 aromatic carbocycles. The van der Waals surface area contributed by atoms with Crippen LogP contribution in [0.25, 0.3) is 28.0 Å². The molecule has 268 valence electrons. The standard InChI is InChI=1S/C41H52FN3O5/c1-25(2)34-27(4)35(36(39(46)47)50-40(5,6)7)38-44-19-17-41(8,18-20-44)48-21-10-9-12-26(3)49-33-16-15-30(42)23-31(33)28-13-11-14-29(22-28)32-24-45(38)37(34)43-32/h11,13-16,22-26,36H,9-10,12,17-21H2,1-8H3,(H,46,47). The van der Waals surface area contributed by atoms with Gasteiger partial charge in [0.05, 0.1) is 23.0 Å². The van der Waals surface area contributed by atoms with Crippen LogP contribution in [0.2, 0.25) is 0 Å². The molecule has 1 saturated heterocycles. The number of nitrogens with zero attached hydrogens (tertiary/aromatic N) is 3. The van der Waals surface area contributed by atoms with Crippen LogP contribution in [0.3, 0.4) is 0 Å². The lowest BCUT2D eigenvalue weighted by Gasteiger charge is -2.42.